The highest BCUT2D eigenvalue weighted by Gasteiger charge is 2.45. The van der Waals surface area contributed by atoms with Crippen molar-refractivity contribution < 1.29 is 13.2 Å². The third kappa shape index (κ3) is 3.60. The van der Waals surface area contributed by atoms with Crippen LogP contribution in [-0.4, -0.2) is 18.8 Å². The molecule has 0 heterocycles. The summed E-state index contributed by atoms with van der Waals surface area (Å²) in [7, 11) is 0. The van der Waals surface area contributed by atoms with Gasteiger partial charge in [0.25, 0.3) is 0 Å². The Kier molecular flexibility index (Phi) is 4.01. The molecule has 0 spiro atoms. The van der Waals surface area contributed by atoms with E-state index in [1.807, 2.05) is 0 Å². The summed E-state index contributed by atoms with van der Waals surface area (Å²) in [5.74, 6) is 0.170. The first-order valence-corrected chi connectivity index (χ1v) is 6.78. The van der Waals surface area contributed by atoms with E-state index < -0.39 is 12.1 Å². The molecule has 3 unspecified atom stereocenters. The van der Waals surface area contributed by atoms with E-state index >= 15 is 0 Å². The van der Waals surface area contributed by atoms with E-state index in [0.29, 0.717) is 18.8 Å². The molecule has 0 radical (unpaired) electrons. The van der Waals surface area contributed by atoms with Gasteiger partial charge in [-0.05, 0) is 44.1 Å². The lowest BCUT2D eigenvalue weighted by molar-refractivity contribution is -0.189. The highest BCUT2D eigenvalue weighted by molar-refractivity contribution is 4.87. The number of hydrogen-bond donors (Lipinski definition) is 1. The standard InChI is InChI=1S/C13H22F3N/c1-9(10-6-7-10)8-17-12-5-3-2-4-11(12)13(14,15)16/h9-12,17H,2-8H2,1H3. The molecular weight excluding hydrogens is 227 g/mol. The maximum Gasteiger partial charge on any atom is 0.393 e. The zero-order valence-electron chi connectivity index (χ0n) is 10.4. The van der Waals surface area contributed by atoms with E-state index in [-0.39, 0.29) is 6.04 Å². The summed E-state index contributed by atoms with van der Waals surface area (Å²) in [4.78, 5) is 0. The number of nitrogens with one attached hydrogen (secondary N) is 1. The van der Waals surface area contributed by atoms with Crippen LogP contribution in [0.15, 0.2) is 0 Å². The Morgan fingerprint density at radius 1 is 1.12 bits per heavy atom. The minimum Gasteiger partial charge on any atom is -0.313 e. The maximum absolute atomic E-state index is 12.8. The largest absolute Gasteiger partial charge is 0.393 e. The number of hydrogen-bond acceptors (Lipinski definition) is 1. The zero-order chi connectivity index (χ0) is 12.5. The fourth-order valence-corrected chi connectivity index (χ4v) is 2.94. The first kappa shape index (κ1) is 13.2. The van der Waals surface area contributed by atoms with Gasteiger partial charge in [0.15, 0.2) is 0 Å². The Labute approximate surface area is 101 Å². The summed E-state index contributed by atoms with van der Waals surface area (Å²) in [6, 6.07) is -0.343. The summed E-state index contributed by atoms with van der Waals surface area (Å²) in [5.41, 5.74) is 0. The Morgan fingerprint density at radius 2 is 1.76 bits per heavy atom. The average molecular weight is 249 g/mol. The maximum atomic E-state index is 12.8. The molecule has 100 valence electrons. The van der Waals surface area contributed by atoms with Crippen LogP contribution in [0.25, 0.3) is 0 Å². The van der Waals surface area contributed by atoms with Crippen LogP contribution in [-0.2, 0) is 0 Å². The summed E-state index contributed by atoms with van der Waals surface area (Å²) >= 11 is 0. The molecule has 4 heteroatoms. The fraction of sp³-hybridized carbons (Fsp3) is 1.00. The lowest BCUT2D eigenvalue weighted by Gasteiger charge is -2.34. The van der Waals surface area contributed by atoms with Crippen LogP contribution in [0.3, 0.4) is 0 Å². The summed E-state index contributed by atoms with van der Waals surface area (Å²) in [6.45, 7) is 2.90. The Hall–Kier alpha value is -0.250. The van der Waals surface area contributed by atoms with Gasteiger partial charge in [0.1, 0.15) is 0 Å². The third-order valence-corrected chi connectivity index (χ3v) is 4.32. The van der Waals surface area contributed by atoms with Crippen LogP contribution < -0.4 is 5.32 Å². The predicted octanol–water partition coefficient (Wildman–Crippen LogP) is 3.74. The number of halogens is 3. The lowest BCUT2D eigenvalue weighted by atomic mass is 9.83. The quantitative estimate of drug-likeness (QED) is 0.800. The molecule has 0 aromatic heterocycles. The van der Waals surface area contributed by atoms with Crippen molar-refractivity contribution in [3.05, 3.63) is 0 Å². The first-order chi connectivity index (χ1) is 7.98. The second-order valence-electron chi connectivity index (χ2n) is 5.76. The molecule has 1 nitrogen and oxygen atoms in total. The van der Waals surface area contributed by atoms with Crippen molar-refractivity contribution in [1.29, 1.82) is 0 Å². The topological polar surface area (TPSA) is 12.0 Å². The van der Waals surface area contributed by atoms with Crippen molar-refractivity contribution in [2.75, 3.05) is 6.54 Å². The first-order valence-electron chi connectivity index (χ1n) is 6.78. The minimum absolute atomic E-state index is 0.305. The number of alkyl halides is 3. The van der Waals surface area contributed by atoms with E-state index in [9.17, 15) is 13.2 Å². The fourth-order valence-electron chi connectivity index (χ4n) is 2.94. The predicted molar refractivity (Wildman–Crippen MR) is 61.7 cm³/mol. The highest BCUT2D eigenvalue weighted by Crippen LogP contribution is 2.39. The second kappa shape index (κ2) is 5.17. The van der Waals surface area contributed by atoms with Gasteiger partial charge in [0.2, 0.25) is 0 Å². The summed E-state index contributed by atoms with van der Waals surface area (Å²) < 4.78 is 38.5. The smallest absolute Gasteiger partial charge is 0.313 e. The molecule has 1 N–H and O–H groups in total. The molecule has 17 heavy (non-hydrogen) atoms. The van der Waals surface area contributed by atoms with Crippen LogP contribution in [0.5, 0.6) is 0 Å². The van der Waals surface area contributed by atoms with Gasteiger partial charge in [0, 0.05) is 6.04 Å². The van der Waals surface area contributed by atoms with Crippen LogP contribution in [0.1, 0.15) is 45.4 Å². The third-order valence-electron chi connectivity index (χ3n) is 4.32. The van der Waals surface area contributed by atoms with Gasteiger partial charge in [-0.3, -0.25) is 0 Å². The van der Waals surface area contributed by atoms with Gasteiger partial charge in [-0.2, -0.15) is 13.2 Å². The SMILES string of the molecule is CC(CNC1CCCCC1C(F)(F)F)C1CC1. The normalized spacial score (nSPS) is 32.5. The van der Waals surface area contributed by atoms with Crippen molar-refractivity contribution in [2.24, 2.45) is 17.8 Å². The van der Waals surface area contributed by atoms with Crippen LogP contribution >= 0.6 is 0 Å². The van der Waals surface area contributed by atoms with Gasteiger partial charge < -0.3 is 5.32 Å². The highest BCUT2D eigenvalue weighted by atomic mass is 19.4. The Bertz CT molecular complexity index is 248. The Balaban J connectivity index is 1.83. The average Bonchev–Trinajstić information content (AvgIpc) is 3.08. The molecule has 0 aromatic rings. The van der Waals surface area contributed by atoms with Gasteiger partial charge >= 0.3 is 6.18 Å². The van der Waals surface area contributed by atoms with E-state index in [0.717, 1.165) is 25.3 Å². The zero-order valence-corrected chi connectivity index (χ0v) is 10.4. The molecule has 2 rings (SSSR count). The van der Waals surface area contributed by atoms with Crippen molar-refractivity contribution in [3.63, 3.8) is 0 Å². The van der Waals surface area contributed by atoms with Crippen molar-refractivity contribution in [3.8, 4) is 0 Å². The molecule has 0 amide bonds. The van der Waals surface area contributed by atoms with Crippen LogP contribution in [0, 0.1) is 17.8 Å². The molecule has 0 aromatic carbocycles. The summed E-state index contributed by atoms with van der Waals surface area (Å²) in [6.07, 6.45) is 1.14. The molecule has 2 saturated carbocycles. The van der Waals surface area contributed by atoms with Crippen molar-refractivity contribution in [1.82, 2.24) is 5.32 Å². The van der Waals surface area contributed by atoms with Crippen LogP contribution in [0.4, 0.5) is 13.2 Å². The lowest BCUT2D eigenvalue weighted by Crippen LogP contribution is -2.46. The van der Waals surface area contributed by atoms with Gasteiger partial charge in [-0.15, -0.1) is 0 Å². The monoisotopic (exact) mass is 249 g/mol. The van der Waals surface area contributed by atoms with Crippen molar-refractivity contribution >= 4 is 0 Å². The second-order valence-corrected chi connectivity index (χ2v) is 5.76. The van der Waals surface area contributed by atoms with Gasteiger partial charge in [0.05, 0.1) is 5.92 Å². The van der Waals surface area contributed by atoms with E-state index in [4.69, 9.17) is 0 Å². The molecule has 2 aliphatic carbocycles. The minimum atomic E-state index is -4.03. The molecule has 2 fully saturated rings. The van der Waals surface area contributed by atoms with Gasteiger partial charge in [-0.25, -0.2) is 0 Å². The van der Waals surface area contributed by atoms with Crippen molar-refractivity contribution in [2.45, 2.75) is 57.7 Å². The molecule has 3 atom stereocenters. The van der Waals surface area contributed by atoms with Crippen LogP contribution in [0.2, 0.25) is 0 Å². The van der Waals surface area contributed by atoms with E-state index in [1.165, 1.54) is 12.8 Å². The Morgan fingerprint density at radius 3 is 2.35 bits per heavy atom. The van der Waals surface area contributed by atoms with E-state index in [2.05, 4.69) is 12.2 Å². The number of rotatable bonds is 4. The molecule has 0 bridgehead atoms. The summed E-state index contributed by atoms with van der Waals surface area (Å²) in [5, 5.41) is 3.18. The van der Waals surface area contributed by atoms with E-state index in [1.54, 1.807) is 0 Å². The van der Waals surface area contributed by atoms with Gasteiger partial charge in [-0.1, -0.05) is 19.8 Å². The molecule has 2 aliphatic rings. The molecular formula is C13H22F3N. The molecule has 0 aliphatic heterocycles. The molecule has 0 saturated heterocycles.